The van der Waals surface area contributed by atoms with Crippen LogP contribution in [0.1, 0.15) is 26.3 Å². The summed E-state index contributed by atoms with van der Waals surface area (Å²) in [5.74, 6) is -1.35. The lowest BCUT2D eigenvalue weighted by molar-refractivity contribution is -0.142. The third-order valence-corrected chi connectivity index (χ3v) is 3.38. The van der Waals surface area contributed by atoms with Crippen molar-refractivity contribution in [1.82, 2.24) is 5.32 Å². The van der Waals surface area contributed by atoms with Crippen molar-refractivity contribution in [2.45, 2.75) is 32.2 Å². The Balaban J connectivity index is 2.89. The van der Waals surface area contributed by atoms with Crippen LogP contribution in [0.4, 0.5) is 0 Å². The highest BCUT2D eigenvalue weighted by Crippen LogP contribution is 2.25. The minimum atomic E-state index is -1.05. The van der Waals surface area contributed by atoms with E-state index in [-0.39, 0.29) is 5.91 Å². The van der Waals surface area contributed by atoms with Gasteiger partial charge in [0.15, 0.2) is 0 Å². The smallest absolute Gasteiger partial charge is 0.325 e. The van der Waals surface area contributed by atoms with E-state index in [4.69, 9.17) is 5.11 Å². The monoisotopic (exact) mass is 313 g/mol. The second kappa shape index (κ2) is 5.52. The van der Waals surface area contributed by atoms with Crippen molar-refractivity contribution >= 4 is 27.8 Å². The number of rotatable bonds is 4. The fourth-order valence-electron chi connectivity index (χ4n) is 1.44. The molecule has 0 bridgehead atoms. The van der Waals surface area contributed by atoms with E-state index in [1.807, 2.05) is 24.3 Å². The van der Waals surface area contributed by atoms with Crippen LogP contribution in [0.2, 0.25) is 0 Å². The predicted molar refractivity (Wildman–Crippen MR) is 72.4 cm³/mol. The maximum Gasteiger partial charge on any atom is 0.325 e. The molecule has 18 heavy (non-hydrogen) atoms. The number of benzene rings is 1. The van der Waals surface area contributed by atoms with Gasteiger partial charge in [0.05, 0.1) is 5.41 Å². The molecule has 0 aliphatic carbocycles. The van der Waals surface area contributed by atoms with Crippen molar-refractivity contribution in [1.29, 1.82) is 0 Å². The third-order valence-electron chi connectivity index (χ3n) is 2.85. The number of hydrogen-bond acceptors (Lipinski definition) is 2. The number of amides is 1. The Hall–Kier alpha value is -1.36. The normalized spacial score (nSPS) is 12.9. The van der Waals surface area contributed by atoms with E-state index in [2.05, 4.69) is 21.2 Å². The first-order chi connectivity index (χ1) is 8.25. The van der Waals surface area contributed by atoms with Gasteiger partial charge in [-0.05, 0) is 38.5 Å². The van der Waals surface area contributed by atoms with Gasteiger partial charge >= 0.3 is 5.97 Å². The lowest BCUT2D eigenvalue weighted by Gasteiger charge is -2.25. The van der Waals surface area contributed by atoms with E-state index in [0.717, 1.165) is 10.0 Å². The Morgan fingerprint density at radius 1 is 1.28 bits per heavy atom. The second-order valence-electron chi connectivity index (χ2n) is 4.67. The molecule has 0 aromatic heterocycles. The minimum Gasteiger partial charge on any atom is -0.480 e. The molecule has 0 fully saturated rings. The van der Waals surface area contributed by atoms with Gasteiger partial charge in [-0.3, -0.25) is 9.59 Å². The zero-order valence-corrected chi connectivity index (χ0v) is 12.1. The van der Waals surface area contributed by atoms with Crippen LogP contribution >= 0.6 is 15.9 Å². The Labute approximate surface area is 115 Å². The van der Waals surface area contributed by atoms with Gasteiger partial charge in [0.1, 0.15) is 6.04 Å². The van der Waals surface area contributed by atoms with Crippen molar-refractivity contribution in [3.8, 4) is 0 Å². The van der Waals surface area contributed by atoms with Crippen molar-refractivity contribution in [3.05, 3.63) is 34.3 Å². The van der Waals surface area contributed by atoms with Gasteiger partial charge in [0.25, 0.3) is 0 Å². The number of carbonyl (C=O) groups excluding carboxylic acids is 1. The Bertz CT molecular complexity index is 454. The van der Waals surface area contributed by atoms with E-state index >= 15 is 0 Å². The molecule has 5 heteroatoms. The SMILES string of the molecule is CC(NC(=O)C(C)(C)c1ccc(Br)cc1)C(=O)O. The van der Waals surface area contributed by atoms with Crippen LogP contribution < -0.4 is 5.32 Å². The number of aliphatic carboxylic acids is 1. The molecule has 0 radical (unpaired) electrons. The highest BCUT2D eigenvalue weighted by molar-refractivity contribution is 9.10. The molecule has 2 N–H and O–H groups in total. The fraction of sp³-hybridized carbons (Fsp3) is 0.385. The first-order valence-electron chi connectivity index (χ1n) is 5.55. The lowest BCUT2D eigenvalue weighted by atomic mass is 9.83. The highest BCUT2D eigenvalue weighted by atomic mass is 79.9. The maximum atomic E-state index is 12.1. The number of nitrogens with one attached hydrogen (secondary N) is 1. The predicted octanol–water partition coefficient (Wildman–Crippen LogP) is 2.32. The summed E-state index contributed by atoms with van der Waals surface area (Å²) in [6.45, 7) is 4.97. The molecule has 1 atom stereocenters. The summed E-state index contributed by atoms with van der Waals surface area (Å²) in [5, 5.41) is 11.3. The second-order valence-corrected chi connectivity index (χ2v) is 5.58. The average Bonchev–Trinajstić information content (AvgIpc) is 2.29. The zero-order chi connectivity index (χ0) is 13.9. The molecule has 0 heterocycles. The van der Waals surface area contributed by atoms with Gasteiger partial charge in [-0.1, -0.05) is 28.1 Å². The molecule has 1 aromatic carbocycles. The summed E-state index contributed by atoms with van der Waals surface area (Å²) < 4.78 is 0.932. The van der Waals surface area contributed by atoms with Crippen LogP contribution in [0.15, 0.2) is 28.7 Å². The summed E-state index contributed by atoms with van der Waals surface area (Å²) in [5.41, 5.74) is 0.0607. The number of carbonyl (C=O) groups is 2. The molecule has 1 rings (SSSR count). The standard InChI is InChI=1S/C13H16BrNO3/c1-8(11(16)17)15-12(18)13(2,3)9-4-6-10(14)7-5-9/h4-8H,1-3H3,(H,15,18)(H,16,17). The summed E-state index contributed by atoms with van der Waals surface area (Å²) in [4.78, 5) is 22.8. The summed E-state index contributed by atoms with van der Waals surface area (Å²) in [6.07, 6.45) is 0. The van der Waals surface area contributed by atoms with E-state index < -0.39 is 17.4 Å². The van der Waals surface area contributed by atoms with Crippen LogP contribution in [-0.2, 0) is 15.0 Å². The molecule has 4 nitrogen and oxygen atoms in total. The van der Waals surface area contributed by atoms with E-state index in [1.165, 1.54) is 6.92 Å². The largest absolute Gasteiger partial charge is 0.480 e. The van der Waals surface area contributed by atoms with E-state index in [0.29, 0.717) is 0 Å². The Kier molecular flexibility index (Phi) is 4.51. The number of carboxylic acid groups (broad SMARTS) is 1. The van der Waals surface area contributed by atoms with E-state index in [9.17, 15) is 9.59 Å². The molecular weight excluding hydrogens is 298 g/mol. The molecule has 1 aromatic rings. The highest BCUT2D eigenvalue weighted by Gasteiger charge is 2.31. The summed E-state index contributed by atoms with van der Waals surface area (Å²) in [7, 11) is 0. The Morgan fingerprint density at radius 3 is 2.22 bits per heavy atom. The topological polar surface area (TPSA) is 66.4 Å². The van der Waals surface area contributed by atoms with Crippen molar-refractivity contribution < 1.29 is 14.7 Å². The van der Waals surface area contributed by atoms with Gasteiger partial charge in [0.2, 0.25) is 5.91 Å². The summed E-state index contributed by atoms with van der Waals surface area (Å²) in [6, 6.07) is 6.49. The van der Waals surface area contributed by atoms with Gasteiger partial charge in [0, 0.05) is 4.47 Å². The van der Waals surface area contributed by atoms with Crippen molar-refractivity contribution in [2.75, 3.05) is 0 Å². The third kappa shape index (κ3) is 3.32. The van der Waals surface area contributed by atoms with Crippen molar-refractivity contribution in [3.63, 3.8) is 0 Å². The molecule has 0 saturated heterocycles. The lowest BCUT2D eigenvalue weighted by Crippen LogP contribution is -2.46. The molecule has 0 spiro atoms. The molecule has 0 aliphatic rings. The molecule has 0 saturated carbocycles. The first kappa shape index (κ1) is 14.7. The number of carboxylic acids is 1. The minimum absolute atomic E-state index is 0.306. The Morgan fingerprint density at radius 2 is 1.78 bits per heavy atom. The van der Waals surface area contributed by atoms with Crippen LogP contribution in [0.25, 0.3) is 0 Å². The van der Waals surface area contributed by atoms with Crippen molar-refractivity contribution in [2.24, 2.45) is 0 Å². The summed E-state index contributed by atoms with van der Waals surface area (Å²) >= 11 is 3.33. The molecule has 98 valence electrons. The van der Waals surface area contributed by atoms with Crippen LogP contribution in [0.5, 0.6) is 0 Å². The van der Waals surface area contributed by atoms with Gasteiger partial charge in [-0.15, -0.1) is 0 Å². The average molecular weight is 314 g/mol. The molecular formula is C13H16BrNO3. The first-order valence-corrected chi connectivity index (χ1v) is 6.34. The molecule has 1 unspecified atom stereocenters. The van der Waals surface area contributed by atoms with Crippen LogP contribution in [0.3, 0.4) is 0 Å². The van der Waals surface area contributed by atoms with Gasteiger partial charge in [-0.2, -0.15) is 0 Å². The maximum absolute atomic E-state index is 12.1. The zero-order valence-electron chi connectivity index (χ0n) is 10.5. The number of hydrogen-bond donors (Lipinski definition) is 2. The molecule has 1 amide bonds. The fourth-order valence-corrected chi connectivity index (χ4v) is 1.70. The van der Waals surface area contributed by atoms with Crippen LogP contribution in [-0.4, -0.2) is 23.0 Å². The molecule has 0 aliphatic heterocycles. The quantitative estimate of drug-likeness (QED) is 0.896. The van der Waals surface area contributed by atoms with Gasteiger partial charge in [-0.25, -0.2) is 0 Å². The van der Waals surface area contributed by atoms with Crippen LogP contribution in [0, 0.1) is 0 Å². The van der Waals surface area contributed by atoms with E-state index in [1.54, 1.807) is 13.8 Å². The van der Waals surface area contributed by atoms with Gasteiger partial charge < -0.3 is 10.4 Å². The number of halogens is 1.